The van der Waals surface area contributed by atoms with E-state index in [0.29, 0.717) is 5.58 Å². The molecule has 4 nitrogen and oxygen atoms in total. The molecule has 1 aromatic heterocycles. The number of fused-ring (bicyclic) bond motifs is 1. The minimum atomic E-state index is -0.277. The minimum Gasteiger partial charge on any atom is -0.423 e. The van der Waals surface area contributed by atoms with Gasteiger partial charge in [0.15, 0.2) is 0 Å². The van der Waals surface area contributed by atoms with Crippen molar-refractivity contribution in [3.05, 3.63) is 45.8 Å². The van der Waals surface area contributed by atoms with Crippen molar-refractivity contribution in [2.24, 2.45) is 0 Å². The molecule has 0 radical (unpaired) electrons. The van der Waals surface area contributed by atoms with Gasteiger partial charge in [0, 0.05) is 31.1 Å². The molecule has 3 rings (SSSR count). The van der Waals surface area contributed by atoms with Crippen LogP contribution in [-0.2, 0) is 17.7 Å². The van der Waals surface area contributed by atoms with Crippen molar-refractivity contribution in [2.75, 3.05) is 13.1 Å². The molecular formula is C18H23NO3. The van der Waals surface area contributed by atoms with E-state index in [2.05, 4.69) is 31.7 Å². The monoisotopic (exact) mass is 301 g/mol. The largest absolute Gasteiger partial charge is 0.423 e. The number of rotatable bonds is 3. The van der Waals surface area contributed by atoms with Crippen LogP contribution in [0.15, 0.2) is 33.5 Å². The quantitative estimate of drug-likeness (QED) is 0.818. The van der Waals surface area contributed by atoms with Gasteiger partial charge in [-0.05, 0) is 43.5 Å². The molecule has 1 aliphatic heterocycles. The lowest BCUT2D eigenvalue weighted by Gasteiger charge is -2.35. The van der Waals surface area contributed by atoms with Gasteiger partial charge in [-0.1, -0.05) is 13.0 Å². The van der Waals surface area contributed by atoms with Crippen LogP contribution in [0.3, 0.4) is 0 Å². The third-order valence-electron chi connectivity index (χ3n) is 4.19. The number of nitrogens with zero attached hydrogens (tertiary/aromatic N) is 1. The highest BCUT2D eigenvalue weighted by atomic mass is 16.5. The predicted octanol–water partition coefficient (Wildman–Crippen LogP) is 2.96. The first-order valence-corrected chi connectivity index (χ1v) is 7.98. The van der Waals surface area contributed by atoms with E-state index in [1.54, 1.807) is 6.07 Å². The number of hydrogen-bond donors (Lipinski definition) is 0. The van der Waals surface area contributed by atoms with Crippen LogP contribution in [0.4, 0.5) is 0 Å². The summed E-state index contributed by atoms with van der Waals surface area (Å²) < 4.78 is 11.1. The van der Waals surface area contributed by atoms with Crippen LogP contribution >= 0.6 is 0 Å². The standard InChI is InChI=1S/C18H23NO3/c1-4-14-5-6-17-16(7-14)15(8-18(20)22-17)11-19-9-12(2)21-13(3)10-19/h5-8,12-13H,4,9-11H2,1-3H3/t12-,13-/m1/s1. The maximum absolute atomic E-state index is 11.8. The smallest absolute Gasteiger partial charge is 0.336 e. The van der Waals surface area contributed by atoms with Crippen LogP contribution in [-0.4, -0.2) is 30.2 Å². The second kappa shape index (κ2) is 6.23. The molecule has 0 saturated carbocycles. The third-order valence-corrected chi connectivity index (χ3v) is 4.19. The van der Waals surface area contributed by atoms with E-state index in [1.807, 2.05) is 12.1 Å². The molecule has 0 N–H and O–H groups in total. The summed E-state index contributed by atoms with van der Waals surface area (Å²) in [5.74, 6) is 0. The van der Waals surface area contributed by atoms with Crippen molar-refractivity contribution in [3.63, 3.8) is 0 Å². The fourth-order valence-corrected chi connectivity index (χ4v) is 3.28. The average Bonchev–Trinajstić information content (AvgIpc) is 2.45. The van der Waals surface area contributed by atoms with Gasteiger partial charge in [0.05, 0.1) is 12.2 Å². The van der Waals surface area contributed by atoms with Gasteiger partial charge in [-0.3, -0.25) is 4.90 Å². The third kappa shape index (κ3) is 3.23. The van der Waals surface area contributed by atoms with Crippen molar-refractivity contribution >= 4 is 11.0 Å². The van der Waals surface area contributed by atoms with E-state index >= 15 is 0 Å². The lowest BCUT2D eigenvalue weighted by atomic mass is 10.0. The van der Waals surface area contributed by atoms with E-state index in [-0.39, 0.29) is 17.8 Å². The zero-order valence-electron chi connectivity index (χ0n) is 13.5. The molecule has 1 saturated heterocycles. The van der Waals surface area contributed by atoms with Crippen LogP contribution in [0, 0.1) is 0 Å². The summed E-state index contributed by atoms with van der Waals surface area (Å²) in [6.07, 6.45) is 1.42. The van der Waals surface area contributed by atoms with Gasteiger partial charge >= 0.3 is 5.63 Å². The van der Waals surface area contributed by atoms with Crippen LogP contribution in [0.25, 0.3) is 11.0 Å². The van der Waals surface area contributed by atoms with Gasteiger partial charge in [-0.2, -0.15) is 0 Å². The van der Waals surface area contributed by atoms with Crippen molar-refractivity contribution in [3.8, 4) is 0 Å². The number of morpholine rings is 1. The highest BCUT2D eigenvalue weighted by Crippen LogP contribution is 2.22. The Hall–Kier alpha value is -1.65. The SMILES string of the molecule is CCc1ccc2oc(=O)cc(CN3C[C@@H](C)O[C@H](C)C3)c2c1. The van der Waals surface area contributed by atoms with Crippen LogP contribution in [0.2, 0.25) is 0 Å². The maximum atomic E-state index is 11.8. The molecule has 0 aliphatic carbocycles. The molecule has 22 heavy (non-hydrogen) atoms. The molecular weight excluding hydrogens is 278 g/mol. The van der Waals surface area contributed by atoms with Crippen LogP contribution < -0.4 is 5.63 Å². The number of aryl methyl sites for hydroxylation is 1. The van der Waals surface area contributed by atoms with Gasteiger partial charge in [-0.15, -0.1) is 0 Å². The average molecular weight is 301 g/mol. The minimum absolute atomic E-state index is 0.223. The fraction of sp³-hybridized carbons (Fsp3) is 0.500. The Kier molecular flexibility index (Phi) is 4.32. The number of benzene rings is 1. The highest BCUT2D eigenvalue weighted by molar-refractivity contribution is 5.80. The second-order valence-electron chi connectivity index (χ2n) is 6.23. The summed E-state index contributed by atoms with van der Waals surface area (Å²) in [4.78, 5) is 14.2. The van der Waals surface area contributed by atoms with E-state index in [4.69, 9.17) is 9.15 Å². The summed E-state index contributed by atoms with van der Waals surface area (Å²) in [7, 11) is 0. The Morgan fingerprint density at radius 3 is 2.59 bits per heavy atom. The first kappa shape index (κ1) is 15.3. The Morgan fingerprint density at radius 2 is 1.91 bits per heavy atom. The van der Waals surface area contributed by atoms with Crippen molar-refractivity contribution < 1.29 is 9.15 Å². The van der Waals surface area contributed by atoms with Crippen LogP contribution in [0.5, 0.6) is 0 Å². The van der Waals surface area contributed by atoms with E-state index < -0.39 is 0 Å². The Bertz CT molecular complexity index is 712. The number of hydrogen-bond acceptors (Lipinski definition) is 4. The summed E-state index contributed by atoms with van der Waals surface area (Å²) in [5.41, 5.74) is 2.70. The summed E-state index contributed by atoms with van der Waals surface area (Å²) in [5, 5.41) is 1.05. The molecule has 4 heteroatoms. The van der Waals surface area contributed by atoms with E-state index in [0.717, 1.165) is 37.0 Å². The molecule has 0 spiro atoms. The zero-order chi connectivity index (χ0) is 15.7. The number of ether oxygens (including phenoxy) is 1. The molecule has 1 aromatic carbocycles. The molecule has 0 unspecified atom stereocenters. The van der Waals surface area contributed by atoms with Gasteiger partial charge in [0.2, 0.25) is 0 Å². The molecule has 2 aromatic rings. The van der Waals surface area contributed by atoms with Crippen molar-refractivity contribution in [2.45, 2.75) is 45.9 Å². The zero-order valence-corrected chi connectivity index (χ0v) is 13.5. The normalized spacial score (nSPS) is 23.0. The molecule has 0 bridgehead atoms. The molecule has 2 heterocycles. The topological polar surface area (TPSA) is 42.7 Å². The predicted molar refractivity (Wildman–Crippen MR) is 87.1 cm³/mol. The van der Waals surface area contributed by atoms with Crippen LogP contribution in [0.1, 0.15) is 31.9 Å². The lowest BCUT2D eigenvalue weighted by Crippen LogP contribution is -2.44. The van der Waals surface area contributed by atoms with Gasteiger partial charge in [0.1, 0.15) is 5.58 Å². The Balaban J connectivity index is 1.96. The summed E-state index contributed by atoms with van der Waals surface area (Å²) in [6.45, 7) is 8.85. The first-order chi connectivity index (χ1) is 10.5. The van der Waals surface area contributed by atoms with Gasteiger partial charge in [-0.25, -0.2) is 4.79 Å². The second-order valence-corrected chi connectivity index (χ2v) is 6.23. The Labute approximate surface area is 130 Å². The molecule has 2 atom stereocenters. The Morgan fingerprint density at radius 1 is 1.18 bits per heavy atom. The van der Waals surface area contributed by atoms with E-state index in [9.17, 15) is 4.79 Å². The molecule has 1 aliphatic rings. The summed E-state index contributed by atoms with van der Waals surface area (Å²) >= 11 is 0. The van der Waals surface area contributed by atoms with Crippen molar-refractivity contribution in [1.82, 2.24) is 4.90 Å². The van der Waals surface area contributed by atoms with E-state index in [1.165, 1.54) is 5.56 Å². The van der Waals surface area contributed by atoms with Crippen molar-refractivity contribution in [1.29, 1.82) is 0 Å². The summed E-state index contributed by atoms with van der Waals surface area (Å²) in [6, 6.07) is 7.70. The molecule has 0 amide bonds. The first-order valence-electron chi connectivity index (χ1n) is 7.98. The van der Waals surface area contributed by atoms with Gasteiger partial charge in [0.25, 0.3) is 0 Å². The maximum Gasteiger partial charge on any atom is 0.336 e. The molecule has 118 valence electrons. The van der Waals surface area contributed by atoms with Gasteiger partial charge < -0.3 is 9.15 Å². The fourth-order valence-electron chi connectivity index (χ4n) is 3.28. The molecule has 1 fully saturated rings. The highest BCUT2D eigenvalue weighted by Gasteiger charge is 2.23. The lowest BCUT2D eigenvalue weighted by molar-refractivity contribution is -0.0704.